The molecule has 3 aliphatic rings. The van der Waals surface area contributed by atoms with Crippen LogP contribution in [0.15, 0.2) is 48.5 Å². The van der Waals surface area contributed by atoms with Crippen molar-refractivity contribution in [3.05, 3.63) is 65.2 Å². The molecular formula is C35H48N4O4. The van der Waals surface area contributed by atoms with Gasteiger partial charge in [0.1, 0.15) is 0 Å². The number of hydrogen-bond acceptors (Lipinski definition) is 4. The molecule has 0 aromatic heterocycles. The molecule has 3 N–H and O–H groups in total. The van der Waals surface area contributed by atoms with Crippen LogP contribution in [0.5, 0.6) is 0 Å². The van der Waals surface area contributed by atoms with Crippen molar-refractivity contribution in [1.29, 1.82) is 0 Å². The van der Waals surface area contributed by atoms with Gasteiger partial charge in [0.15, 0.2) is 0 Å². The third-order valence-electron chi connectivity index (χ3n) is 9.50. The molecule has 1 aliphatic heterocycles. The van der Waals surface area contributed by atoms with Gasteiger partial charge in [-0.05, 0) is 80.7 Å². The van der Waals surface area contributed by atoms with E-state index in [-0.39, 0.29) is 30.4 Å². The van der Waals surface area contributed by atoms with E-state index in [4.69, 9.17) is 0 Å². The van der Waals surface area contributed by atoms with Crippen molar-refractivity contribution in [1.82, 2.24) is 15.5 Å². The molecule has 5 rings (SSSR count). The molecule has 8 nitrogen and oxygen atoms in total. The maximum absolute atomic E-state index is 13.9. The zero-order chi connectivity index (χ0) is 30.2. The number of hydrogen-bond donors (Lipinski definition) is 3. The molecule has 2 aliphatic carbocycles. The van der Waals surface area contributed by atoms with Crippen LogP contribution < -0.4 is 15.5 Å². The molecule has 2 unspecified atom stereocenters. The number of nitrogens with zero attached hydrogens (tertiary/aromatic N) is 2. The van der Waals surface area contributed by atoms with E-state index >= 15 is 0 Å². The number of aliphatic hydroxyl groups is 1. The second kappa shape index (κ2) is 14.9. The van der Waals surface area contributed by atoms with E-state index < -0.39 is 12.1 Å². The number of aliphatic hydroxyl groups excluding tert-OH is 1. The van der Waals surface area contributed by atoms with Crippen molar-refractivity contribution in [2.45, 2.75) is 108 Å². The lowest BCUT2D eigenvalue weighted by Crippen LogP contribution is -2.53. The summed E-state index contributed by atoms with van der Waals surface area (Å²) < 4.78 is 0. The second-order valence-corrected chi connectivity index (χ2v) is 12.6. The minimum atomic E-state index is -0.973. The third-order valence-corrected chi connectivity index (χ3v) is 9.50. The summed E-state index contributed by atoms with van der Waals surface area (Å²) in [6.07, 6.45) is 10.8. The molecule has 2 aromatic carbocycles. The predicted molar refractivity (Wildman–Crippen MR) is 169 cm³/mol. The molecule has 0 radical (unpaired) electrons. The number of urea groups is 1. The number of amides is 4. The highest BCUT2D eigenvalue weighted by Gasteiger charge is 2.29. The summed E-state index contributed by atoms with van der Waals surface area (Å²) in [4.78, 5) is 43.1. The maximum atomic E-state index is 13.9. The van der Waals surface area contributed by atoms with E-state index in [0.717, 1.165) is 61.8 Å². The van der Waals surface area contributed by atoms with Crippen LogP contribution in [0.3, 0.4) is 0 Å². The summed E-state index contributed by atoms with van der Waals surface area (Å²) >= 11 is 0. The van der Waals surface area contributed by atoms with Gasteiger partial charge in [-0.15, -0.1) is 0 Å². The average Bonchev–Trinajstić information content (AvgIpc) is 3.72. The Morgan fingerprint density at radius 3 is 2.37 bits per heavy atom. The first-order chi connectivity index (χ1) is 20.9. The minimum absolute atomic E-state index is 0.0958. The lowest BCUT2D eigenvalue weighted by atomic mass is 9.94. The van der Waals surface area contributed by atoms with Crippen LogP contribution in [0, 0.1) is 0 Å². The first-order valence-corrected chi connectivity index (χ1v) is 16.4. The van der Waals surface area contributed by atoms with Gasteiger partial charge in [-0.1, -0.05) is 62.4 Å². The molecule has 0 spiro atoms. The fourth-order valence-corrected chi connectivity index (χ4v) is 6.96. The zero-order valence-electron chi connectivity index (χ0n) is 25.6. The highest BCUT2D eigenvalue weighted by atomic mass is 16.3. The van der Waals surface area contributed by atoms with Crippen LogP contribution in [-0.4, -0.2) is 65.7 Å². The van der Waals surface area contributed by atoms with Crippen LogP contribution in [-0.2, 0) is 11.2 Å². The molecule has 3 fully saturated rings. The lowest BCUT2D eigenvalue weighted by Gasteiger charge is -2.32. The Balaban J connectivity index is 1.35. The zero-order valence-corrected chi connectivity index (χ0v) is 25.6. The highest BCUT2D eigenvalue weighted by Crippen LogP contribution is 2.37. The predicted octanol–water partition coefficient (Wildman–Crippen LogP) is 5.54. The monoisotopic (exact) mass is 588 g/mol. The molecule has 2 atom stereocenters. The van der Waals surface area contributed by atoms with Gasteiger partial charge in [-0.3, -0.25) is 9.59 Å². The number of rotatable bonds is 11. The van der Waals surface area contributed by atoms with Crippen molar-refractivity contribution in [3.8, 4) is 0 Å². The first kappa shape index (κ1) is 31.0. The fourth-order valence-electron chi connectivity index (χ4n) is 6.96. The van der Waals surface area contributed by atoms with Gasteiger partial charge in [0.05, 0.1) is 18.7 Å². The smallest absolute Gasteiger partial charge is 0.317 e. The van der Waals surface area contributed by atoms with Gasteiger partial charge in [-0.25, -0.2) is 4.79 Å². The lowest BCUT2D eigenvalue weighted by molar-refractivity contribution is -0.117. The van der Waals surface area contributed by atoms with Crippen molar-refractivity contribution in [3.63, 3.8) is 0 Å². The molecule has 1 saturated heterocycles. The number of nitrogens with one attached hydrogen (secondary N) is 2. The normalized spacial score (nSPS) is 19.3. The molecule has 8 heteroatoms. The Hall–Kier alpha value is -3.39. The Morgan fingerprint density at radius 1 is 0.977 bits per heavy atom. The Labute approximate surface area is 256 Å². The summed E-state index contributed by atoms with van der Waals surface area (Å²) in [5.74, 6) is 0.205. The van der Waals surface area contributed by atoms with E-state index in [1.165, 1.54) is 19.3 Å². The average molecular weight is 589 g/mol. The fraction of sp³-hybridized carbons (Fsp3) is 0.571. The molecule has 1 heterocycles. The first-order valence-electron chi connectivity index (χ1n) is 16.4. The quantitative estimate of drug-likeness (QED) is 0.321. The third kappa shape index (κ3) is 8.17. The summed E-state index contributed by atoms with van der Waals surface area (Å²) in [6.45, 7) is 3.15. The standard InChI is InChI=1S/C35H48N4O4/c1-2-38(35(43)36-29-16-7-4-8-17-29)24-32(40)31(20-25-12-5-3-6-13-25)37-34(42)28-21-27(26-14-9-10-15-26)22-30(23-28)39-19-11-18-33(39)41/h3,5-6,12-13,21-23,26,29,31-32,40H,2,4,7-11,14-20,24H2,1H3,(H,36,43)(H,37,42). The molecular weight excluding hydrogens is 540 g/mol. The van der Waals surface area contributed by atoms with Crippen LogP contribution in [0.25, 0.3) is 0 Å². The Bertz CT molecular complexity index is 1240. The van der Waals surface area contributed by atoms with Crippen LogP contribution in [0.2, 0.25) is 0 Å². The van der Waals surface area contributed by atoms with Crippen molar-refractivity contribution in [2.75, 3.05) is 24.5 Å². The summed E-state index contributed by atoms with van der Waals surface area (Å²) in [5, 5.41) is 17.8. The largest absolute Gasteiger partial charge is 0.389 e. The van der Waals surface area contributed by atoms with Crippen LogP contribution in [0.1, 0.15) is 105 Å². The Kier molecular flexibility index (Phi) is 10.7. The van der Waals surface area contributed by atoms with Crippen LogP contribution in [0.4, 0.5) is 10.5 Å². The minimum Gasteiger partial charge on any atom is -0.389 e. The van der Waals surface area contributed by atoms with Gasteiger partial charge < -0.3 is 25.5 Å². The van der Waals surface area contributed by atoms with Crippen molar-refractivity contribution >= 4 is 23.5 Å². The SMILES string of the molecule is CCN(CC(O)C(Cc1ccccc1)NC(=O)c1cc(C2CCCC2)cc(N2CCCC2=O)c1)C(=O)NC1CCCCC1. The van der Waals surface area contributed by atoms with E-state index in [1.54, 1.807) is 9.80 Å². The summed E-state index contributed by atoms with van der Waals surface area (Å²) in [7, 11) is 0. The molecule has 2 aromatic rings. The summed E-state index contributed by atoms with van der Waals surface area (Å²) in [6, 6.07) is 15.1. The second-order valence-electron chi connectivity index (χ2n) is 12.6. The highest BCUT2D eigenvalue weighted by molar-refractivity contribution is 5.99. The molecule has 4 amide bonds. The van der Waals surface area contributed by atoms with Gasteiger partial charge >= 0.3 is 6.03 Å². The van der Waals surface area contributed by atoms with Gasteiger partial charge in [-0.2, -0.15) is 0 Å². The number of anilines is 1. The molecule has 232 valence electrons. The molecule has 0 bridgehead atoms. The van der Waals surface area contributed by atoms with E-state index in [1.807, 2.05) is 49.4 Å². The van der Waals surface area contributed by atoms with E-state index in [0.29, 0.717) is 37.4 Å². The number of carbonyl (C=O) groups is 3. The number of carbonyl (C=O) groups excluding carboxylic acids is 3. The Morgan fingerprint density at radius 2 is 1.70 bits per heavy atom. The molecule has 43 heavy (non-hydrogen) atoms. The maximum Gasteiger partial charge on any atom is 0.317 e. The van der Waals surface area contributed by atoms with Gasteiger partial charge in [0.2, 0.25) is 5.91 Å². The number of likely N-dealkylation sites (N-methyl/N-ethyl adjacent to an activating group) is 1. The summed E-state index contributed by atoms with van der Waals surface area (Å²) in [5.41, 5.74) is 3.39. The van der Waals surface area contributed by atoms with Crippen molar-refractivity contribution < 1.29 is 19.5 Å². The van der Waals surface area contributed by atoms with Crippen molar-refractivity contribution in [2.24, 2.45) is 0 Å². The topological polar surface area (TPSA) is 102 Å². The van der Waals surface area contributed by atoms with Gasteiger partial charge in [0.25, 0.3) is 5.91 Å². The van der Waals surface area contributed by atoms with Gasteiger partial charge in [0, 0.05) is 36.8 Å². The van der Waals surface area contributed by atoms with E-state index in [9.17, 15) is 19.5 Å². The number of benzene rings is 2. The molecule has 2 saturated carbocycles. The van der Waals surface area contributed by atoms with Crippen LogP contribution >= 0.6 is 0 Å². The van der Waals surface area contributed by atoms with E-state index in [2.05, 4.69) is 16.7 Å².